The number of aryl methyl sites for hydroxylation is 1. The summed E-state index contributed by atoms with van der Waals surface area (Å²) in [4.78, 5) is 4.83. The van der Waals surface area contributed by atoms with Gasteiger partial charge in [0.1, 0.15) is 10.7 Å². The van der Waals surface area contributed by atoms with Crippen LogP contribution in [0.4, 0.5) is 5.00 Å². The molecule has 1 aromatic heterocycles. The lowest BCUT2D eigenvalue weighted by atomic mass is 9.90. The summed E-state index contributed by atoms with van der Waals surface area (Å²) in [5, 5.41) is 2.11. The number of thiazole rings is 1. The van der Waals surface area contributed by atoms with Gasteiger partial charge in [0.2, 0.25) is 0 Å². The highest BCUT2D eigenvalue weighted by Crippen LogP contribution is 2.39. The van der Waals surface area contributed by atoms with E-state index in [0.29, 0.717) is 5.92 Å². The van der Waals surface area contributed by atoms with Crippen LogP contribution < -0.4 is 5.73 Å². The van der Waals surface area contributed by atoms with E-state index in [1.165, 1.54) is 42.7 Å². The summed E-state index contributed by atoms with van der Waals surface area (Å²) >= 11 is 1.69. The van der Waals surface area contributed by atoms with Gasteiger partial charge in [-0.2, -0.15) is 0 Å². The van der Waals surface area contributed by atoms with Crippen molar-refractivity contribution in [3.63, 3.8) is 0 Å². The van der Waals surface area contributed by atoms with E-state index in [2.05, 4.69) is 31.2 Å². The lowest BCUT2D eigenvalue weighted by Gasteiger charge is -2.18. The Labute approximate surface area is 118 Å². The third-order valence-electron chi connectivity index (χ3n) is 3.95. The van der Waals surface area contributed by atoms with E-state index in [-0.39, 0.29) is 0 Å². The fourth-order valence-electron chi connectivity index (χ4n) is 2.79. The number of anilines is 1. The van der Waals surface area contributed by atoms with Gasteiger partial charge in [-0.3, -0.25) is 0 Å². The molecule has 0 unspecified atom stereocenters. The first-order valence-electron chi connectivity index (χ1n) is 7.07. The maximum absolute atomic E-state index is 6.17. The van der Waals surface area contributed by atoms with Crippen LogP contribution in [0.3, 0.4) is 0 Å². The van der Waals surface area contributed by atoms with Gasteiger partial charge < -0.3 is 5.73 Å². The first-order chi connectivity index (χ1) is 9.24. The molecule has 19 heavy (non-hydrogen) atoms. The maximum atomic E-state index is 6.17. The number of benzene rings is 1. The summed E-state index contributed by atoms with van der Waals surface area (Å²) in [6.45, 7) is 2.10. The Hall–Kier alpha value is -1.35. The zero-order chi connectivity index (χ0) is 13.2. The second kappa shape index (κ2) is 5.33. The van der Waals surface area contributed by atoms with Crippen LogP contribution >= 0.6 is 11.3 Å². The van der Waals surface area contributed by atoms with Gasteiger partial charge >= 0.3 is 0 Å². The van der Waals surface area contributed by atoms with E-state index >= 15 is 0 Å². The molecule has 0 aliphatic heterocycles. The molecule has 0 radical (unpaired) electrons. The molecular weight excluding hydrogens is 252 g/mol. The Morgan fingerprint density at radius 1 is 1.11 bits per heavy atom. The summed E-state index contributed by atoms with van der Waals surface area (Å²) in [5.41, 5.74) is 9.56. The van der Waals surface area contributed by atoms with E-state index < -0.39 is 0 Å². The second-order valence-electron chi connectivity index (χ2n) is 5.47. The highest BCUT2D eigenvalue weighted by Gasteiger charge is 2.21. The van der Waals surface area contributed by atoms with Crippen molar-refractivity contribution in [2.24, 2.45) is 0 Å². The SMILES string of the molecule is Cc1ccc(-c2nc(C3CCCCC3)sc2N)cc1. The molecule has 1 fully saturated rings. The van der Waals surface area contributed by atoms with Gasteiger partial charge in [0.05, 0.1) is 5.01 Å². The molecule has 0 bridgehead atoms. The van der Waals surface area contributed by atoms with Crippen molar-refractivity contribution in [3.8, 4) is 11.3 Å². The number of nitrogens with two attached hydrogens (primary N) is 1. The molecule has 3 heteroatoms. The molecule has 0 amide bonds. The third-order valence-corrected chi connectivity index (χ3v) is 5.00. The Bertz CT molecular complexity index is 551. The summed E-state index contributed by atoms with van der Waals surface area (Å²) in [7, 11) is 0. The number of aromatic nitrogens is 1. The van der Waals surface area contributed by atoms with Crippen molar-refractivity contribution >= 4 is 16.3 Å². The quantitative estimate of drug-likeness (QED) is 0.857. The standard InChI is InChI=1S/C16H20N2S/c1-11-7-9-12(10-8-11)14-15(17)19-16(18-14)13-5-3-2-4-6-13/h7-10,13H,2-6,17H2,1H3. The minimum Gasteiger partial charge on any atom is -0.389 e. The zero-order valence-electron chi connectivity index (χ0n) is 11.4. The van der Waals surface area contributed by atoms with Gasteiger partial charge in [-0.1, -0.05) is 49.1 Å². The molecule has 2 aromatic rings. The van der Waals surface area contributed by atoms with Gasteiger partial charge in [-0.15, -0.1) is 11.3 Å². The fourth-order valence-corrected chi connectivity index (χ4v) is 3.82. The predicted molar refractivity (Wildman–Crippen MR) is 82.5 cm³/mol. The lowest BCUT2D eigenvalue weighted by molar-refractivity contribution is 0.442. The number of hydrogen-bond donors (Lipinski definition) is 1. The average Bonchev–Trinajstić information content (AvgIpc) is 2.83. The van der Waals surface area contributed by atoms with Crippen LogP contribution in [0.15, 0.2) is 24.3 Å². The molecule has 1 saturated carbocycles. The Morgan fingerprint density at radius 3 is 2.47 bits per heavy atom. The molecular formula is C16H20N2S. The van der Waals surface area contributed by atoms with Gasteiger partial charge in [-0.25, -0.2) is 4.98 Å². The third kappa shape index (κ3) is 2.66. The van der Waals surface area contributed by atoms with Crippen molar-refractivity contribution in [2.75, 3.05) is 5.73 Å². The molecule has 1 aliphatic rings. The van der Waals surface area contributed by atoms with Crippen molar-refractivity contribution in [1.29, 1.82) is 0 Å². The molecule has 2 N–H and O–H groups in total. The van der Waals surface area contributed by atoms with Crippen LogP contribution in [0, 0.1) is 6.92 Å². The maximum Gasteiger partial charge on any atom is 0.114 e. The van der Waals surface area contributed by atoms with E-state index in [0.717, 1.165) is 16.3 Å². The topological polar surface area (TPSA) is 38.9 Å². The smallest absolute Gasteiger partial charge is 0.114 e. The summed E-state index contributed by atoms with van der Waals surface area (Å²) < 4.78 is 0. The van der Waals surface area contributed by atoms with Gasteiger partial charge in [-0.05, 0) is 19.8 Å². The van der Waals surface area contributed by atoms with Crippen molar-refractivity contribution in [2.45, 2.75) is 44.9 Å². The Balaban J connectivity index is 1.90. The van der Waals surface area contributed by atoms with Gasteiger partial charge in [0.15, 0.2) is 0 Å². The molecule has 1 aromatic carbocycles. The van der Waals surface area contributed by atoms with Crippen LogP contribution in [-0.4, -0.2) is 4.98 Å². The van der Waals surface area contributed by atoms with E-state index in [1.54, 1.807) is 11.3 Å². The zero-order valence-corrected chi connectivity index (χ0v) is 12.2. The molecule has 0 atom stereocenters. The molecule has 0 spiro atoms. The van der Waals surface area contributed by atoms with Crippen molar-refractivity contribution in [3.05, 3.63) is 34.8 Å². The molecule has 100 valence electrons. The molecule has 2 nitrogen and oxygen atoms in total. The predicted octanol–water partition coefficient (Wildman–Crippen LogP) is 4.75. The fraction of sp³-hybridized carbons (Fsp3) is 0.438. The first-order valence-corrected chi connectivity index (χ1v) is 7.89. The minimum absolute atomic E-state index is 0.639. The normalized spacial score (nSPS) is 16.7. The van der Waals surface area contributed by atoms with Crippen LogP contribution in [-0.2, 0) is 0 Å². The minimum atomic E-state index is 0.639. The van der Waals surface area contributed by atoms with Gasteiger partial charge in [0, 0.05) is 11.5 Å². The van der Waals surface area contributed by atoms with E-state index in [4.69, 9.17) is 10.7 Å². The summed E-state index contributed by atoms with van der Waals surface area (Å²) in [6, 6.07) is 8.47. The number of nitrogens with zero attached hydrogens (tertiary/aromatic N) is 1. The largest absolute Gasteiger partial charge is 0.389 e. The number of rotatable bonds is 2. The first kappa shape index (κ1) is 12.7. The number of nitrogen functional groups attached to an aromatic ring is 1. The van der Waals surface area contributed by atoms with E-state index in [1.807, 2.05) is 0 Å². The highest BCUT2D eigenvalue weighted by atomic mass is 32.1. The Morgan fingerprint density at radius 2 is 1.79 bits per heavy atom. The van der Waals surface area contributed by atoms with Crippen LogP contribution in [0.25, 0.3) is 11.3 Å². The summed E-state index contributed by atoms with van der Waals surface area (Å²) in [6.07, 6.45) is 6.61. The van der Waals surface area contributed by atoms with E-state index in [9.17, 15) is 0 Å². The lowest BCUT2D eigenvalue weighted by Crippen LogP contribution is -2.03. The Kier molecular flexibility index (Phi) is 3.56. The molecule has 1 heterocycles. The van der Waals surface area contributed by atoms with Crippen LogP contribution in [0.5, 0.6) is 0 Å². The van der Waals surface area contributed by atoms with Crippen LogP contribution in [0.2, 0.25) is 0 Å². The molecule has 3 rings (SSSR count). The second-order valence-corrected chi connectivity index (χ2v) is 6.53. The number of hydrogen-bond acceptors (Lipinski definition) is 3. The monoisotopic (exact) mass is 272 g/mol. The van der Waals surface area contributed by atoms with Crippen molar-refractivity contribution in [1.82, 2.24) is 4.98 Å². The molecule has 1 aliphatic carbocycles. The van der Waals surface area contributed by atoms with Gasteiger partial charge in [0.25, 0.3) is 0 Å². The van der Waals surface area contributed by atoms with Crippen molar-refractivity contribution < 1.29 is 0 Å². The average molecular weight is 272 g/mol. The molecule has 0 saturated heterocycles. The van der Waals surface area contributed by atoms with Crippen LogP contribution in [0.1, 0.15) is 48.6 Å². The highest BCUT2D eigenvalue weighted by molar-refractivity contribution is 7.16. The summed E-state index contributed by atoms with van der Waals surface area (Å²) in [5.74, 6) is 0.639.